The lowest BCUT2D eigenvalue weighted by Crippen LogP contribution is -2.49. The molecule has 1 fully saturated rings. The van der Waals surface area contributed by atoms with Crippen LogP contribution in [0.3, 0.4) is 0 Å². The van der Waals surface area contributed by atoms with Crippen LogP contribution < -0.4 is 9.52 Å². The first-order chi connectivity index (χ1) is 21.1. The van der Waals surface area contributed by atoms with E-state index in [1.807, 2.05) is 68.7 Å². The Morgan fingerprint density at radius 3 is 2.02 bits per heavy atom. The summed E-state index contributed by atoms with van der Waals surface area (Å²) in [6.45, 7) is 2.95. The standard InChI is InChI=1S/C33H41N7O3S/c1-38(2)31(41)33(28-15-9-5-10-16-28,29-17-11-6-12-18-29)21-25-39-23-19-32(20-24-39,27-13-7-4-8-14-27)30-35-37-40(36-30)26-22-34-44(3,42)43/h4-18,34H,19-26H2,1-3H3/p+1. The number of nitrogens with one attached hydrogen (secondary N) is 2. The maximum absolute atomic E-state index is 14.1. The van der Waals surface area contributed by atoms with Gasteiger partial charge in [-0.25, -0.2) is 13.1 Å². The highest BCUT2D eigenvalue weighted by atomic mass is 32.2. The summed E-state index contributed by atoms with van der Waals surface area (Å²) in [5.41, 5.74) is 1.95. The molecule has 10 nitrogen and oxygen atoms in total. The second kappa shape index (κ2) is 13.4. The highest BCUT2D eigenvalue weighted by Crippen LogP contribution is 2.41. The number of piperidine rings is 1. The molecule has 0 aliphatic carbocycles. The first-order valence-electron chi connectivity index (χ1n) is 15.0. The monoisotopic (exact) mass is 616 g/mol. The number of likely N-dealkylation sites (N-methyl/N-ethyl adjacent to an activating group) is 1. The molecule has 1 amide bonds. The van der Waals surface area contributed by atoms with Crippen LogP contribution in [0.4, 0.5) is 0 Å². The van der Waals surface area contributed by atoms with Crippen LogP contribution in [-0.2, 0) is 32.2 Å². The number of aromatic amines is 1. The van der Waals surface area contributed by atoms with E-state index in [2.05, 4.69) is 56.3 Å². The smallest absolute Gasteiger partial charge is 0.318 e. The van der Waals surface area contributed by atoms with Gasteiger partial charge in [-0.2, -0.15) is 0 Å². The summed E-state index contributed by atoms with van der Waals surface area (Å²) in [4.78, 5) is 19.8. The average molecular weight is 617 g/mol. The summed E-state index contributed by atoms with van der Waals surface area (Å²) < 4.78 is 25.5. The third-order valence-electron chi connectivity index (χ3n) is 8.75. The Kier molecular flexibility index (Phi) is 9.57. The van der Waals surface area contributed by atoms with Crippen LogP contribution in [0, 0.1) is 0 Å². The summed E-state index contributed by atoms with van der Waals surface area (Å²) in [5.74, 6) is 0.773. The van der Waals surface area contributed by atoms with Gasteiger partial charge in [0.05, 0.1) is 23.3 Å². The second-order valence-corrected chi connectivity index (χ2v) is 13.6. The van der Waals surface area contributed by atoms with E-state index in [1.54, 1.807) is 9.70 Å². The third-order valence-corrected chi connectivity index (χ3v) is 9.47. The first-order valence-corrected chi connectivity index (χ1v) is 16.9. The molecule has 3 aromatic carbocycles. The fourth-order valence-corrected chi connectivity index (χ4v) is 6.88. The van der Waals surface area contributed by atoms with Crippen LogP contribution >= 0.6 is 0 Å². The maximum atomic E-state index is 14.1. The van der Waals surface area contributed by atoms with Crippen molar-refractivity contribution < 1.29 is 18.0 Å². The van der Waals surface area contributed by atoms with Gasteiger partial charge in [-0.3, -0.25) is 4.79 Å². The maximum Gasteiger partial charge on any atom is 0.318 e. The van der Waals surface area contributed by atoms with Crippen LogP contribution in [0.15, 0.2) is 91.0 Å². The molecule has 0 spiro atoms. The van der Waals surface area contributed by atoms with E-state index in [-0.39, 0.29) is 17.9 Å². The van der Waals surface area contributed by atoms with Gasteiger partial charge in [-0.05, 0) is 65.9 Å². The van der Waals surface area contributed by atoms with Crippen molar-refractivity contribution in [1.29, 1.82) is 0 Å². The lowest BCUT2D eigenvalue weighted by molar-refractivity contribution is -0.803. The van der Waals surface area contributed by atoms with Crippen LogP contribution in [0.2, 0.25) is 0 Å². The van der Waals surface area contributed by atoms with Crippen molar-refractivity contribution >= 4 is 15.9 Å². The van der Waals surface area contributed by atoms with Crippen molar-refractivity contribution in [1.82, 2.24) is 29.9 Å². The number of likely N-dealkylation sites (tertiary alicyclic amines) is 1. The van der Waals surface area contributed by atoms with E-state index in [4.69, 9.17) is 5.10 Å². The van der Waals surface area contributed by atoms with Gasteiger partial charge in [0, 0.05) is 14.1 Å². The molecule has 2 heterocycles. The Morgan fingerprint density at radius 1 is 0.955 bits per heavy atom. The van der Waals surface area contributed by atoms with Gasteiger partial charge in [0.2, 0.25) is 15.9 Å². The molecule has 44 heavy (non-hydrogen) atoms. The number of benzene rings is 3. The molecule has 1 aliphatic rings. The van der Waals surface area contributed by atoms with E-state index in [0.29, 0.717) is 18.8 Å². The quantitative estimate of drug-likeness (QED) is 0.237. The normalized spacial score (nSPS) is 15.6. The zero-order valence-electron chi connectivity index (χ0n) is 25.7. The number of rotatable bonds is 12. The molecule has 1 aromatic heterocycles. The lowest BCUT2D eigenvalue weighted by Gasteiger charge is -2.41. The van der Waals surface area contributed by atoms with Crippen LogP contribution in [0.1, 0.15) is 41.8 Å². The molecule has 0 unspecified atom stereocenters. The minimum atomic E-state index is -3.29. The predicted octanol–water partition coefficient (Wildman–Crippen LogP) is 2.49. The summed E-state index contributed by atoms with van der Waals surface area (Å²) in [6, 6.07) is 30.6. The number of carbonyl (C=O) groups excluding carboxylic acids is 1. The second-order valence-electron chi connectivity index (χ2n) is 11.8. The Bertz CT molecular complexity index is 1580. The number of hydrogen-bond donors (Lipinski definition) is 2. The van der Waals surface area contributed by atoms with E-state index < -0.39 is 15.4 Å². The Labute approximate surface area is 260 Å². The summed E-state index contributed by atoms with van der Waals surface area (Å²) in [7, 11) is 0.378. The number of aromatic nitrogens is 4. The Morgan fingerprint density at radius 2 is 1.50 bits per heavy atom. The summed E-state index contributed by atoms with van der Waals surface area (Å²) in [5, 5.41) is 12.4. The van der Waals surface area contributed by atoms with Gasteiger partial charge in [0.15, 0.2) is 0 Å². The molecule has 1 saturated heterocycles. The molecule has 0 bridgehead atoms. The molecular weight excluding hydrogens is 574 g/mol. The average Bonchev–Trinajstić information content (AvgIpc) is 3.52. The van der Waals surface area contributed by atoms with Crippen LogP contribution in [-0.4, -0.2) is 86.1 Å². The molecule has 4 aromatic rings. The van der Waals surface area contributed by atoms with Gasteiger partial charge in [0.1, 0.15) is 12.0 Å². The topological polar surface area (TPSA) is 115 Å². The zero-order chi connectivity index (χ0) is 31.2. The summed E-state index contributed by atoms with van der Waals surface area (Å²) in [6.07, 6.45) is 3.40. The van der Waals surface area contributed by atoms with Gasteiger partial charge >= 0.3 is 5.82 Å². The number of amides is 1. The van der Waals surface area contributed by atoms with E-state index in [0.717, 1.165) is 55.4 Å². The molecule has 0 radical (unpaired) electrons. The van der Waals surface area contributed by atoms with E-state index in [9.17, 15) is 13.2 Å². The van der Waals surface area contributed by atoms with E-state index in [1.165, 1.54) is 0 Å². The Balaban J connectivity index is 1.38. The molecular formula is C33H42N7O3S+. The highest BCUT2D eigenvalue weighted by Gasteiger charge is 2.47. The number of tetrazole rings is 1. The van der Waals surface area contributed by atoms with Crippen LogP contribution in [0.25, 0.3) is 0 Å². The largest absolute Gasteiger partial charge is 0.348 e. The third kappa shape index (κ3) is 6.74. The van der Waals surface area contributed by atoms with Crippen molar-refractivity contribution in [2.24, 2.45) is 0 Å². The van der Waals surface area contributed by atoms with Crippen molar-refractivity contribution in [2.75, 3.05) is 46.5 Å². The van der Waals surface area contributed by atoms with E-state index >= 15 is 0 Å². The Hall–Kier alpha value is -3.93. The summed E-state index contributed by atoms with van der Waals surface area (Å²) >= 11 is 0. The molecule has 0 atom stereocenters. The van der Waals surface area contributed by atoms with Gasteiger partial charge in [-0.1, -0.05) is 95.8 Å². The molecule has 232 valence electrons. The zero-order valence-corrected chi connectivity index (χ0v) is 26.5. The fraction of sp³-hybridized carbons (Fsp3) is 0.394. The number of carbonyl (C=O) groups is 1. The number of nitrogens with zero attached hydrogens (tertiary/aromatic N) is 5. The fourth-order valence-electron chi connectivity index (χ4n) is 6.42. The van der Waals surface area contributed by atoms with Gasteiger partial charge < -0.3 is 9.80 Å². The number of sulfonamides is 1. The molecule has 2 N–H and O–H groups in total. The number of hydrogen-bond acceptors (Lipinski definition) is 6. The number of H-pyrrole nitrogens is 1. The van der Waals surface area contributed by atoms with Crippen LogP contribution in [0.5, 0.6) is 0 Å². The first kappa shape index (κ1) is 31.5. The minimum Gasteiger partial charge on any atom is -0.348 e. The highest BCUT2D eigenvalue weighted by molar-refractivity contribution is 7.88. The van der Waals surface area contributed by atoms with Crippen molar-refractivity contribution in [3.63, 3.8) is 0 Å². The predicted molar refractivity (Wildman–Crippen MR) is 169 cm³/mol. The van der Waals surface area contributed by atoms with Crippen molar-refractivity contribution in [3.8, 4) is 0 Å². The molecule has 5 rings (SSSR count). The molecule has 0 saturated carbocycles. The van der Waals surface area contributed by atoms with Gasteiger partial charge in [-0.15, -0.1) is 0 Å². The van der Waals surface area contributed by atoms with Crippen molar-refractivity contribution in [3.05, 3.63) is 114 Å². The lowest BCUT2D eigenvalue weighted by atomic mass is 9.70. The SMILES string of the molecule is CN(C)C(=O)C(CCN1CCC(c2ccccc2)(c2n[nH][n+](CCNS(C)(=O)=O)n2)CC1)(c1ccccc1)c1ccccc1. The molecule has 11 heteroatoms. The van der Waals surface area contributed by atoms with Gasteiger partial charge in [0.25, 0.3) is 0 Å². The molecule has 1 aliphatic heterocycles. The minimum absolute atomic E-state index is 0.0705. The van der Waals surface area contributed by atoms with Crippen molar-refractivity contribution in [2.45, 2.75) is 36.6 Å².